The van der Waals surface area contributed by atoms with Crippen molar-refractivity contribution in [2.24, 2.45) is 11.8 Å². The molecule has 31 heavy (non-hydrogen) atoms. The summed E-state index contributed by atoms with van der Waals surface area (Å²) in [6, 6.07) is 0. The van der Waals surface area contributed by atoms with Crippen molar-refractivity contribution in [1.29, 1.82) is 0 Å². The van der Waals surface area contributed by atoms with Crippen molar-refractivity contribution in [3.8, 4) is 0 Å². The van der Waals surface area contributed by atoms with E-state index in [1.54, 1.807) is 13.8 Å². The Bertz CT molecular complexity index is 899. The van der Waals surface area contributed by atoms with Crippen molar-refractivity contribution >= 4 is 46.0 Å². The van der Waals surface area contributed by atoms with Gasteiger partial charge in [-0.2, -0.15) is 0 Å². The molecule has 168 valence electrons. The van der Waals surface area contributed by atoms with E-state index < -0.39 is 31.0 Å². The molecule has 3 rings (SSSR count). The maximum Gasteiger partial charge on any atom is 0.341 e. The van der Waals surface area contributed by atoms with Gasteiger partial charge < -0.3 is 14.8 Å². The van der Waals surface area contributed by atoms with Crippen LogP contribution in [0, 0.1) is 25.7 Å². The van der Waals surface area contributed by atoms with E-state index in [1.807, 2.05) is 6.92 Å². The third-order valence-corrected chi connectivity index (χ3v) is 6.82. The number of ether oxygens (including phenoxy) is 2. The lowest BCUT2D eigenvalue weighted by atomic mass is 9.81. The fraction of sp³-hybridized carbons (Fsp3) is 0.571. The van der Waals surface area contributed by atoms with Gasteiger partial charge in [-0.3, -0.25) is 24.1 Å². The molecule has 1 N–H and O–H groups in total. The summed E-state index contributed by atoms with van der Waals surface area (Å²) >= 11 is 1.23. The predicted molar refractivity (Wildman–Crippen MR) is 112 cm³/mol. The zero-order valence-electron chi connectivity index (χ0n) is 17.8. The predicted octanol–water partition coefficient (Wildman–Crippen LogP) is 2.20. The standard InChI is InChI=1S/C21H26N2O7S/c1-4-29-21(28)17-11(2)12(3)31-18(17)22-15(24)10-30-16(25)9-23-19(26)13-7-5-6-8-14(13)20(23)27/h13-14H,4-10H2,1-3H3,(H,22,24)/t13-,14-/m0/s1. The van der Waals surface area contributed by atoms with Gasteiger partial charge in [0.15, 0.2) is 6.61 Å². The number of nitrogens with one attached hydrogen (secondary N) is 1. The number of likely N-dealkylation sites (tertiary alicyclic amines) is 1. The maximum absolute atomic E-state index is 12.4. The number of aryl methyl sites for hydroxylation is 1. The lowest BCUT2D eigenvalue weighted by Crippen LogP contribution is -2.37. The summed E-state index contributed by atoms with van der Waals surface area (Å²) in [7, 11) is 0. The Labute approximate surface area is 184 Å². The first-order valence-corrected chi connectivity index (χ1v) is 11.1. The van der Waals surface area contributed by atoms with Crippen LogP contribution in [0.15, 0.2) is 0 Å². The number of carbonyl (C=O) groups is 5. The summed E-state index contributed by atoms with van der Waals surface area (Å²) in [6.45, 7) is 4.38. The summed E-state index contributed by atoms with van der Waals surface area (Å²) in [5.41, 5.74) is 0.989. The minimum atomic E-state index is -0.834. The quantitative estimate of drug-likeness (QED) is 0.500. The first-order chi connectivity index (χ1) is 14.7. The van der Waals surface area contributed by atoms with E-state index in [4.69, 9.17) is 9.47 Å². The van der Waals surface area contributed by atoms with Gasteiger partial charge in [0.1, 0.15) is 11.5 Å². The minimum Gasteiger partial charge on any atom is -0.462 e. The van der Waals surface area contributed by atoms with Gasteiger partial charge in [-0.05, 0) is 39.2 Å². The van der Waals surface area contributed by atoms with Crippen LogP contribution in [-0.4, -0.2) is 54.3 Å². The molecule has 1 aliphatic carbocycles. The van der Waals surface area contributed by atoms with Crippen molar-refractivity contribution in [2.75, 3.05) is 25.1 Å². The monoisotopic (exact) mass is 450 g/mol. The SMILES string of the molecule is CCOC(=O)c1c(NC(=O)COC(=O)CN2C(=O)[C@H]3CCCC[C@@H]3C2=O)sc(C)c1C. The molecule has 9 nitrogen and oxygen atoms in total. The second-order valence-electron chi connectivity index (χ2n) is 7.68. The molecule has 1 aromatic rings. The Morgan fingerprint density at radius 1 is 1.06 bits per heavy atom. The van der Waals surface area contributed by atoms with Gasteiger partial charge in [-0.15, -0.1) is 11.3 Å². The van der Waals surface area contributed by atoms with Gasteiger partial charge in [0.2, 0.25) is 11.8 Å². The highest BCUT2D eigenvalue weighted by Gasteiger charge is 2.48. The molecule has 2 heterocycles. The molecule has 3 amide bonds. The van der Waals surface area contributed by atoms with E-state index in [1.165, 1.54) is 11.3 Å². The van der Waals surface area contributed by atoms with Crippen molar-refractivity contribution in [3.63, 3.8) is 0 Å². The largest absolute Gasteiger partial charge is 0.462 e. The fourth-order valence-corrected chi connectivity index (χ4v) is 5.10. The smallest absolute Gasteiger partial charge is 0.341 e. The molecule has 0 radical (unpaired) electrons. The number of thiophene rings is 1. The van der Waals surface area contributed by atoms with Crippen molar-refractivity contribution in [1.82, 2.24) is 4.90 Å². The van der Waals surface area contributed by atoms with E-state index in [9.17, 15) is 24.0 Å². The number of esters is 2. The molecule has 0 bridgehead atoms. The zero-order valence-corrected chi connectivity index (χ0v) is 18.6. The second kappa shape index (κ2) is 9.59. The van der Waals surface area contributed by atoms with Gasteiger partial charge in [0, 0.05) is 4.88 Å². The van der Waals surface area contributed by atoms with Crippen molar-refractivity contribution < 1.29 is 33.4 Å². The Balaban J connectivity index is 1.55. The third kappa shape index (κ3) is 4.79. The number of hydrogen-bond acceptors (Lipinski definition) is 8. The normalized spacial score (nSPS) is 20.4. The first-order valence-electron chi connectivity index (χ1n) is 10.3. The van der Waals surface area contributed by atoms with Crippen LogP contribution in [0.3, 0.4) is 0 Å². The molecule has 1 saturated heterocycles. The summed E-state index contributed by atoms with van der Waals surface area (Å²) in [6.07, 6.45) is 3.11. The van der Waals surface area contributed by atoms with Crippen LogP contribution in [0.5, 0.6) is 0 Å². The Kier molecular flexibility index (Phi) is 7.09. The molecule has 1 aliphatic heterocycles. The Hall–Kier alpha value is -2.75. The van der Waals surface area contributed by atoms with Crippen LogP contribution in [0.1, 0.15) is 53.4 Å². The summed E-state index contributed by atoms with van der Waals surface area (Å²) in [5, 5.41) is 2.90. The van der Waals surface area contributed by atoms with Crippen LogP contribution in [0.4, 0.5) is 5.00 Å². The molecule has 0 unspecified atom stereocenters. The van der Waals surface area contributed by atoms with E-state index in [2.05, 4.69) is 5.32 Å². The Morgan fingerprint density at radius 3 is 2.26 bits per heavy atom. The molecule has 0 spiro atoms. The summed E-state index contributed by atoms with van der Waals surface area (Å²) < 4.78 is 10.0. The van der Waals surface area contributed by atoms with Gasteiger partial charge in [0.05, 0.1) is 24.0 Å². The molecule has 2 atom stereocenters. The average Bonchev–Trinajstić information content (AvgIpc) is 3.14. The molecule has 2 aliphatic rings. The molecule has 1 aromatic heterocycles. The fourth-order valence-electron chi connectivity index (χ4n) is 4.03. The lowest BCUT2D eigenvalue weighted by molar-refractivity contribution is -0.154. The molecule has 1 saturated carbocycles. The maximum atomic E-state index is 12.4. The summed E-state index contributed by atoms with van der Waals surface area (Å²) in [4.78, 5) is 63.3. The van der Waals surface area contributed by atoms with Crippen LogP contribution in [0.25, 0.3) is 0 Å². The van der Waals surface area contributed by atoms with E-state index in [0.717, 1.165) is 22.6 Å². The number of carbonyl (C=O) groups excluding carboxylic acids is 5. The van der Waals surface area contributed by atoms with E-state index in [0.29, 0.717) is 23.4 Å². The zero-order chi connectivity index (χ0) is 22.7. The van der Waals surface area contributed by atoms with Crippen LogP contribution in [-0.2, 0) is 28.7 Å². The van der Waals surface area contributed by atoms with Crippen LogP contribution in [0.2, 0.25) is 0 Å². The molecule has 2 fully saturated rings. The van der Waals surface area contributed by atoms with Gasteiger partial charge in [0.25, 0.3) is 5.91 Å². The molecule has 10 heteroatoms. The number of nitrogens with zero attached hydrogens (tertiary/aromatic N) is 1. The minimum absolute atomic E-state index is 0.202. The highest BCUT2D eigenvalue weighted by Crippen LogP contribution is 2.38. The van der Waals surface area contributed by atoms with Crippen LogP contribution >= 0.6 is 11.3 Å². The second-order valence-corrected chi connectivity index (χ2v) is 8.90. The van der Waals surface area contributed by atoms with Gasteiger partial charge in [-0.25, -0.2) is 4.79 Å². The molecular weight excluding hydrogens is 424 g/mol. The van der Waals surface area contributed by atoms with Crippen molar-refractivity contribution in [3.05, 3.63) is 16.0 Å². The van der Waals surface area contributed by atoms with Crippen LogP contribution < -0.4 is 5.32 Å². The molecule has 0 aromatic carbocycles. The van der Waals surface area contributed by atoms with Gasteiger partial charge >= 0.3 is 11.9 Å². The number of rotatable bonds is 7. The number of amides is 3. The topological polar surface area (TPSA) is 119 Å². The summed E-state index contributed by atoms with van der Waals surface area (Å²) in [5.74, 6) is -3.36. The Morgan fingerprint density at radius 2 is 1.68 bits per heavy atom. The highest BCUT2D eigenvalue weighted by molar-refractivity contribution is 7.16. The number of fused-ring (bicyclic) bond motifs is 1. The third-order valence-electron chi connectivity index (χ3n) is 5.70. The highest BCUT2D eigenvalue weighted by atomic mass is 32.1. The number of hydrogen-bond donors (Lipinski definition) is 1. The average molecular weight is 451 g/mol. The van der Waals surface area contributed by atoms with E-state index >= 15 is 0 Å². The molecular formula is C21H26N2O7S. The number of imide groups is 1. The van der Waals surface area contributed by atoms with Gasteiger partial charge in [-0.1, -0.05) is 12.8 Å². The number of anilines is 1. The lowest BCUT2D eigenvalue weighted by Gasteiger charge is -2.19. The van der Waals surface area contributed by atoms with Crippen molar-refractivity contribution in [2.45, 2.75) is 46.5 Å². The first kappa shape index (κ1) is 22.9. The van der Waals surface area contributed by atoms with E-state index in [-0.39, 0.29) is 35.8 Å².